The molecule has 1 spiro atoms. The lowest BCUT2D eigenvalue weighted by molar-refractivity contribution is -0.114. The third kappa shape index (κ3) is 3.17. The van der Waals surface area contributed by atoms with Crippen molar-refractivity contribution in [2.75, 3.05) is 18.0 Å². The highest BCUT2D eigenvalue weighted by molar-refractivity contribution is 6.06. The Morgan fingerprint density at radius 2 is 2.11 bits per heavy atom. The first-order valence-electron chi connectivity index (χ1n) is 9.47. The second-order valence-electron chi connectivity index (χ2n) is 7.51. The highest BCUT2D eigenvalue weighted by Crippen LogP contribution is 2.41. The summed E-state index contributed by atoms with van der Waals surface area (Å²) in [7, 11) is 1.83. The lowest BCUT2D eigenvalue weighted by Gasteiger charge is -2.47. The van der Waals surface area contributed by atoms with Gasteiger partial charge in [0.2, 0.25) is 0 Å². The molecule has 0 bridgehead atoms. The van der Waals surface area contributed by atoms with Crippen molar-refractivity contribution in [3.8, 4) is 0 Å². The summed E-state index contributed by atoms with van der Waals surface area (Å²) in [5.74, 6) is 0.0217. The molecule has 0 N–H and O–H groups in total. The summed E-state index contributed by atoms with van der Waals surface area (Å²) in [6, 6.07) is 9.64. The molecule has 0 saturated carbocycles. The average Bonchev–Trinajstić information content (AvgIpc) is 3.26. The Bertz CT molecular complexity index is 907. The third-order valence-electron chi connectivity index (χ3n) is 5.69. The van der Waals surface area contributed by atoms with E-state index in [4.69, 9.17) is 4.74 Å². The smallest absolute Gasteiger partial charge is 0.410 e. The minimum atomic E-state index is -0.434. The summed E-state index contributed by atoms with van der Waals surface area (Å²) < 4.78 is 7.17. The van der Waals surface area contributed by atoms with Gasteiger partial charge in [0.05, 0.1) is 17.4 Å². The minimum absolute atomic E-state index is 0.0417. The van der Waals surface area contributed by atoms with Gasteiger partial charge < -0.3 is 9.64 Å². The van der Waals surface area contributed by atoms with Crippen molar-refractivity contribution in [3.05, 3.63) is 60.4 Å². The van der Waals surface area contributed by atoms with Crippen molar-refractivity contribution < 1.29 is 14.3 Å². The van der Waals surface area contributed by atoms with E-state index < -0.39 is 5.54 Å². The molecule has 3 heterocycles. The topological polar surface area (TPSA) is 67.7 Å². The summed E-state index contributed by atoms with van der Waals surface area (Å²) in [6.45, 7) is 3.40. The van der Waals surface area contributed by atoms with E-state index in [-0.39, 0.29) is 24.5 Å². The van der Waals surface area contributed by atoms with Crippen LogP contribution in [-0.4, -0.2) is 45.3 Å². The number of carbonyl (C=O) groups is 2. The van der Waals surface area contributed by atoms with E-state index >= 15 is 0 Å². The molecule has 1 fully saturated rings. The Morgan fingerprint density at radius 1 is 1.32 bits per heavy atom. The van der Waals surface area contributed by atoms with E-state index in [1.807, 2.05) is 54.6 Å². The Hall–Kier alpha value is -3.09. The Kier molecular flexibility index (Phi) is 4.66. The highest BCUT2D eigenvalue weighted by Gasteiger charge is 2.50. The molecule has 2 aromatic rings. The number of likely N-dealkylation sites (tertiary alicyclic amines) is 1. The van der Waals surface area contributed by atoms with Crippen LogP contribution in [0.15, 0.2) is 54.9 Å². The molecule has 1 aromatic heterocycles. The first-order valence-corrected chi connectivity index (χ1v) is 9.47. The number of hydrogen-bond donors (Lipinski definition) is 0. The fraction of sp³-hybridized carbons (Fsp3) is 0.381. The molecule has 2 unspecified atom stereocenters. The molecule has 0 radical (unpaired) electrons. The normalized spacial score (nSPS) is 24.2. The van der Waals surface area contributed by atoms with E-state index in [1.54, 1.807) is 21.9 Å². The molecular formula is C21H24N4O3. The Balaban J connectivity index is 1.45. The molecule has 2 aliphatic rings. The molecule has 28 heavy (non-hydrogen) atoms. The fourth-order valence-corrected chi connectivity index (χ4v) is 4.16. The zero-order valence-corrected chi connectivity index (χ0v) is 16.1. The molecule has 4 rings (SSSR count). The molecule has 0 aliphatic carbocycles. The summed E-state index contributed by atoms with van der Waals surface area (Å²) in [5.41, 5.74) is 1.31. The zero-order valence-electron chi connectivity index (χ0n) is 16.1. The van der Waals surface area contributed by atoms with Crippen molar-refractivity contribution in [3.63, 3.8) is 0 Å². The third-order valence-corrected chi connectivity index (χ3v) is 5.69. The second kappa shape index (κ2) is 7.14. The number of nitrogens with zero attached hydrogens (tertiary/aromatic N) is 4. The maximum Gasteiger partial charge on any atom is 0.410 e. The molecule has 2 atom stereocenters. The van der Waals surface area contributed by atoms with Crippen LogP contribution in [0.25, 0.3) is 0 Å². The van der Waals surface area contributed by atoms with Crippen molar-refractivity contribution in [2.45, 2.75) is 25.5 Å². The van der Waals surface area contributed by atoms with Crippen molar-refractivity contribution in [1.29, 1.82) is 0 Å². The number of aryl methyl sites for hydroxylation is 1. The summed E-state index contributed by atoms with van der Waals surface area (Å²) in [4.78, 5) is 28.7. The molecular weight excluding hydrogens is 356 g/mol. The maximum atomic E-state index is 12.6. The van der Waals surface area contributed by atoms with Crippen LogP contribution >= 0.6 is 0 Å². The number of amides is 2. The lowest BCUT2D eigenvalue weighted by Crippen LogP contribution is -2.59. The molecule has 146 valence electrons. The van der Waals surface area contributed by atoms with E-state index in [0.29, 0.717) is 19.5 Å². The highest BCUT2D eigenvalue weighted by atomic mass is 16.6. The minimum Gasteiger partial charge on any atom is -0.445 e. The van der Waals surface area contributed by atoms with Crippen LogP contribution in [0.3, 0.4) is 0 Å². The number of hydrogen-bond acceptors (Lipinski definition) is 4. The van der Waals surface area contributed by atoms with Gasteiger partial charge in [0.25, 0.3) is 5.91 Å². The molecule has 2 amide bonds. The summed E-state index contributed by atoms with van der Waals surface area (Å²) in [5, 5.41) is 4.21. The summed E-state index contributed by atoms with van der Waals surface area (Å²) in [6.07, 6.45) is 7.52. The monoisotopic (exact) mass is 380 g/mol. The van der Waals surface area contributed by atoms with E-state index in [2.05, 4.69) is 12.0 Å². The number of benzene rings is 1. The second-order valence-corrected chi connectivity index (χ2v) is 7.51. The van der Waals surface area contributed by atoms with Gasteiger partial charge in [-0.1, -0.05) is 43.3 Å². The standard InChI is InChI=1S/C21H24N4O3/c1-16-13-24(20(27)28-15-17-6-4-3-5-7-17)11-10-21(16)9-8-19(26)25(21)18-12-22-23(2)14-18/h3-9,12,14,16H,10-11,13,15H2,1-2H3. The van der Waals surface area contributed by atoms with Gasteiger partial charge >= 0.3 is 6.09 Å². The van der Waals surface area contributed by atoms with E-state index in [1.165, 1.54) is 0 Å². The van der Waals surface area contributed by atoms with Gasteiger partial charge in [-0.3, -0.25) is 14.4 Å². The van der Waals surface area contributed by atoms with Gasteiger partial charge in [0.1, 0.15) is 6.61 Å². The van der Waals surface area contributed by atoms with Gasteiger partial charge in [-0.25, -0.2) is 4.79 Å². The number of anilines is 1. The van der Waals surface area contributed by atoms with E-state index in [9.17, 15) is 9.59 Å². The fourth-order valence-electron chi connectivity index (χ4n) is 4.16. The number of piperidine rings is 1. The van der Waals surface area contributed by atoms with Gasteiger partial charge in [-0.15, -0.1) is 0 Å². The van der Waals surface area contributed by atoms with Crippen LogP contribution in [0, 0.1) is 5.92 Å². The van der Waals surface area contributed by atoms with Crippen LogP contribution in [0.2, 0.25) is 0 Å². The largest absolute Gasteiger partial charge is 0.445 e. The number of ether oxygens (including phenoxy) is 1. The first-order chi connectivity index (χ1) is 13.5. The van der Waals surface area contributed by atoms with E-state index in [0.717, 1.165) is 11.3 Å². The first kappa shape index (κ1) is 18.3. The molecule has 2 aliphatic heterocycles. The lowest BCUT2D eigenvalue weighted by atomic mass is 9.78. The van der Waals surface area contributed by atoms with Crippen LogP contribution in [0.1, 0.15) is 18.9 Å². The van der Waals surface area contributed by atoms with Crippen molar-refractivity contribution in [2.24, 2.45) is 13.0 Å². The molecule has 1 saturated heterocycles. The van der Waals surface area contributed by atoms with Gasteiger partial charge in [-0.2, -0.15) is 5.10 Å². The number of rotatable bonds is 3. The average molecular weight is 380 g/mol. The van der Waals surface area contributed by atoms with Crippen LogP contribution in [0.5, 0.6) is 0 Å². The molecule has 7 nitrogen and oxygen atoms in total. The number of aromatic nitrogens is 2. The van der Waals surface area contributed by atoms with Gasteiger partial charge in [-0.05, 0) is 12.0 Å². The quantitative estimate of drug-likeness (QED) is 0.821. The molecule has 1 aromatic carbocycles. The van der Waals surface area contributed by atoms with Crippen LogP contribution in [-0.2, 0) is 23.2 Å². The van der Waals surface area contributed by atoms with Gasteiger partial charge in [0.15, 0.2) is 0 Å². The predicted octanol–water partition coefficient (Wildman–Crippen LogP) is 2.74. The summed E-state index contributed by atoms with van der Waals surface area (Å²) >= 11 is 0. The Labute approximate surface area is 164 Å². The SMILES string of the molecule is CC1CN(C(=O)OCc2ccccc2)CCC12C=CC(=O)N2c1cnn(C)c1. The van der Waals surface area contributed by atoms with Crippen LogP contribution < -0.4 is 4.90 Å². The number of carbonyl (C=O) groups excluding carboxylic acids is 2. The van der Waals surface area contributed by atoms with Crippen molar-refractivity contribution >= 4 is 17.7 Å². The van der Waals surface area contributed by atoms with Crippen molar-refractivity contribution in [1.82, 2.24) is 14.7 Å². The molecule has 7 heteroatoms. The van der Waals surface area contributed by atoms with Crippen LogP contribution in [0.4, 0.5) is 10.5 Å². The zero-order chi connectivity index (χ0) is 19.7. The predicted molar refractivity (Wildman–Crippen MR) is 105 cm³/mol. The van der Waals surface area contributed by atoms with Gasteiger partial charge in [0, 0.05) is 38.3 Å². The Morgan fingerprint density at radius 3 is 2.79 bits per heavy atom. The maximum absolute atomic E-state index is 12.6.